The van der Waals surface area contributed by atoms with Gasteiger partial charge in [-0.25, -0.2) is 9.78 Å². The third kappa shape index (κ3) is 2.98. The molecule has 0 radical (unpaired) electrons. The number of benzene rings is 1. The van der Waals surface area contributed by atoms with Crippen molar-refractivity contribution in [2.75, 3.05) is 0 Å². The summed E-state index contributed by atoms with van der Waals surface area (Å²) in [5.74, 6) is 0. The number of hydrogen-bond acceptors (Lipinski definition) is 5. The Labute approximate surface area is 148 Å². The predicted octanol–water partition coefficient (Wildman–Crippen LogP) is 4.93. The summed E-state index contributed by atoms with van der Waals surface area (Å²) in [4.78, 5) is 21.4. The normalized spacial score (nSPS) is 11.1. The van der Waals surface area contributed by atoms with Gasteiger partial charge < -0.3 is 4.42 Å². The van der Waals surface area contributed by atoms with Crippen LogP contribution in [0, 0.1) is 0 Å². The smallest absolute Gasteiger partial charge is 0.346 e. The van der Waals surface area contributed by atoms with Crippen LogP contribution in [0.5, 0.6) is 0 Å². The van der Waals surface area contributed by atoms with Gasteiger partial charge in [0.2, 0.25) is 0 Å². The Morgan fingerprint density at radius 2 is 2.04 bits per heavy atom. The third-order valence-corrected chi connectivity index (χ3v) is 4.90. The minimum Gasteiger partial charge on any atom is -0.422 e. The third-order valence-electron chi connectivity index (χ3n) is 4.02. The van der Waals surface area contributed by atoms with E-state index in [2.05, 4.69) is 16.9 Å². The average Bonchev–Trinajstić information content (AvgIpc) is 3.13. The van der Waals surface area contributed by atoms with Crippen LogP contribution in [-0.2, 0) is 6.42 Å². The molecule has 0 fully saturated rings. The zero-order valence-electron chi connectivity index (χ0n) is 13.7. The highest BCUT2D eigenvalue weighted by Crippen LogP contribution is 2.29. The van der Waals surface area contributed by atoms with E-state index in [9.17, 15) is 4.79 Å². The van der Waals surface area contributed by atoms with Crippen LogP contribution < -0.4 is 5.63 Å². The van der Waals surface area contributed by atoms with Crippen molar-refractivity contribution in [2.24, 2.45) is 0 Å². The lowest BCUT2D eigenvalue weighted by Crippen LogP contribution is -2.03. The molecule has 0 aliphatic heterocycles. The average molecular weight is 348 g/mol. The van der Waals surface area contributed by atoms with Gasteiger partial charge in [0.05, 0.1) is 11.3 Å². The molecule has 0 amide bonds. The number of thiazole rings is 1. The molecule has 4 aromatic rings. The molecule has 0 spiro atoms. The van der Waals surface area contributed by atoms with Crippen LogP contribution >= 0.6 is 11.3 Å². The fraction of sp³-hybridized carbons (Fsp3) is 0.150. The van der Waals surface area contributed by atoms with Crippen LogP contribution in [0.1, 0.15) is 18.9 Å². The second kappa shape index (κ2) is 6.61. The zero-order chi connectivity index (χ0) is 17.2. The summed E-state index contributed by atoms with van der Waals surface area (Å²) < 4.78 is 5.64. The van der Waals surface area contributed by atoms with Crippen molar-refractivity contribution in [3.63, 3.8) is 0 Å². The van der Waals surface area contributed by atoms with E-state index in [4.69, 9.17) is 4.42 Å². The maximum absolute atomic E-state index is 12.5. The molecule has 0 saturated carbocycles. The number of hydrogen-bond donors (Lipinski definition) is 0. The van der Waals surface area contributed by atoms with Crippen molar-refractivity contribution in [1.82, 2.24) is 9.97 Å². The first-order chi connectivity index (χ1) is 12.3. The van der Waals surface area contributed by atoms with Crippen molar-refractivity contribution in [3.05, 3.63) is 70.0 Å². The largest absolute Gasteiger partial charge is 0.422 e. The molecule has 3 aromatic heterocycles. The van der Waals surface area contributed by atoms with Crippen LogP contribution in [-0.4, -0.2) is 9.97 Å². The van der Waals surface area contributed by atoms with E-state index >= 15 is 0 Å². The van der Waals surface area contributed by atoms with Gasteiger partial charge in [0.15, 0.2) is 0 Å². The molecule has 25 heavy (non-hydrogen) atoms. The van der Waals surface area contributed by atoms with Gasteiger partial charge >= 0.3 is 5.63 Å². The number of nitrogens with zero attached hydrogens (tertiary/aromatic N) is 2. The molecular weight excluding hydrogens is 332 g/mol. The van der Waals surface area contributed by atoms with Crippen LogP contribution in [0.25, 0.3) is 32.9 Å². The highest BCUT2D eigenvalue weighted by Gasteiger charge is 2.14. The number of para-hydroxylation sites is 1. The Bertz CT molecular complexity index is 1080. The first-order valence-corrected chi connectivity index (χ1v) is 9.07. The van der Waals surface area contributed by atoms with Crippen molar-refractivity contribution >= 4 is 22.3 Å². The number of pyridine rings is 1. The summed E-state index contributed by atoms with van der Waals surface area (Å²) in [6, 6.07) is 13.5. The quantitative estimate of drug-likeness (QED) is 0.491. The fourth-order valence-corrected chi connectivity index (χ4v) is 3.67. The van der Waals surface area contributed by atoms with Gasteiger partial charge in [-0.05, 0) is 30.2 Å². The van der Waals surface area contributed by atoms with Gasteiger partial charge in [-0.1, -0.05) is 37.6 Å². The van der Waals surface area contributed by atoms with Gasteiger partial charge in [0, 0.05) is 17.0 Å². The van der Waals surface area contributed by atoms with E-state index in [1.807, 2.05) is 47.8 Å². The molecule has 0 N–H and O–H groups in total. The lowest BCUT2D eigenvalue weighted by Gasteiger charge is -2.05. The Hall–Kier alpha value is -2.79. The van der Waals surface area contributed by atoms with Crippen LogP contribution in [0.4, 0.5) is 0 Å². The molecule has 0 unspecified atom stereocenters. The molecule has 4 nitrogen and oxygen atoms in total. The Kier molecular flexibility index (Phi) is 4.15. The SMILES string of the molecule is CCCc1cccc2cc(-c3nc(-c4ccccn4)cs3)c(=O)oc12. The molecular formula is C20H16N2O2S. The second-order valence-electron chi connectivity index (χ2n) is 5.79. The summed E-state index contributed by atoms with van der Waals surface area (Å²) >= 11 is 1.42. The minimum atomic E-state index is -0.349. The number of fused-ring (bicyclic) bond motifs is 1. The Morgan fingerprint density at radius 1 is 1.12 bits per heavy atom. The first kappa shape index (κ1) is 15.7. The maximum atomic E-state index is 12.5. The van der Waals surface area contributed by atoms with Crippen molar-refractivity contribution in [3.8, 4) is 22.0 Å². The van der Waals surface area contributed by atoms with Crippen LogP contribution in [0.2, 0.25) is 0 Å². The van der Waals surface area contributed by atoms with E-state index in [0.29, 0.717) is 16.2 Å². The second-order valence-corrected chi connectivity index (χ2v) is 6.64. The van der Waals surface area contributed by atoms with Crippen LogP contribution in [0.3, 0.4) is 0 Å². The van der Waals surface area contributed by atoms with Crippen molar-refractivity contribution < 1.29 is 4.42 Å². The summed E-state index contributed by atoms with van der Waals surface area (Å²) in [5, 5.41) is 3.49. The van der Waals surface area contributed by atoms with E-state index in [1.165, 1.54) is 11.3 Å². The Balaban J connectivity index is 1.81. The standard InChI is InChI=1S/C20H16N2O2S/c1-2-6-13-7-5-8-14-11-15(20(23)24-18(13)14)19-22-17(12-25-19)16-9-3-4-10-21-16/h3-5,7-12H,2,6H2,1H3. The molecule has 0 saturated heterocycles. The molecule has 0 aliphatic carbocycles. The lowest BCUT2D eigenvalue weighted by atomic mass is 10.1. The van der Waals surface area contributed by atoms with Crippen molar-refractivity contribution in [2.45, 2.75) is 19.8 Å². The van der Waals surface area contributed by atoms with Crippen LogP contribution in [0.15, 0.2) is 63.3 Å². The number of rotatable bonds is 4. The van der Waals surface area contributed by atoms with Crippen molar-refractivity contribution in [1.29, 1.82) is 0 Å². The molecule has 0 aliphatic rings. The molecule has 3 heterocycles. The summed E-state index contributed by atoms with van der Waals surface area (Å²) in [5.41, 5.74) is 3.45. The number of aromatic nitrogens is 2. The highest BCUT2D eigenvalue weighted by molar-refractivity contribution is 7.13. The van der Waals surface area contributed by atoms with Gasteiger partial charge in [-0.3, -0.25) is 4.98 Å². The summed E-state index contributed by atoms with van der Waals surface area (Å²) in [6.45, 7) is 2.11. The van der Waals surface area contributed by atoms with Gasteiger partial charge in [-0.15, -0.1) is 11.3 Å². The first-order valence-electron chi connectivity index (χ1n) is 8.19. The van der Waals surface area contributed by atoms with E-state index < -0.39 is 0 Å². The highest BCUT2D eigenvalue weighted by atomic mass is 32.1. The molecule has 124 valence electrons. The Morgan fingerprint density at radius 3 is 2.84 bits per heavy atom. The fourth-order valence-electron chi connectivity index (χ4n) is 2.85. The molecule has 0 bridgehead atoms. The monoisotopic (exact) mass is 348 g/mol. The zero-order valence-corrected chi connectivity index (χ0v) is 14.5. The van der Waals surface area contributed by atoms with Gasteiger partial charge in [0.25, 0.3) is 0 Å². The molecule has 4 rings (SSSR count). The van der Waals surface area contributed by atoms with E-state index in [1.54, 1.807) is 6.20 Å². The van der Waals surface area contributed by atoms with E-state index in [0.717, 1.165) is 35.2 Å². The molecule has 5 heteroatoms. The topological polar surface area (TPSA) is 56.0 Å². The van der Waals surface area contributed by atoms with Gasteiger partial charge in [-0.2, -0.15) is 0 Å². The maximum Gasteiger partial charge on any atom is 0.346 e. The lowest BCUT2D eigenvalue weighted by molar-refractivity contribution is 0.558. The van der Waals surface area contributed by atoms with E-state index in [-0.39, 0.29) is 5.63 Å². The summed E-state index contributed by atoms with van der Waals surface area (Å²) in [6.07, 6.45) is 3.62. The summed E-state index contributed by atoms with van der Waals surface area (Å²) in [7, 11) is 0. The molecule has 0 atom stereocenters. The molecule has 1 aromatic carbocycles. The minimum absolute atomic E-state index is 0.349. The van der Waals surface area contributed by atoms with Gasteiger partial charge in [0.1, 0.15) is 16.3 Å². The number of aryl methyl sites for hydroxylation is 1. The predicted molar refractivity (Wildman–Crippen MR) is 101 cm³/mol.